The van der Waals surface area contributed by atoms with Crippen LogP contribution in [0.1, 0.15) is 91.5 Å². The third-order valence-corrected chi connectivity index (χ3v) is 41.0. The molecule has 0 aromatic heterocycles. The SMILES string of the molecule is CC(=O)c1ccc(S(=O)(=O)N2CCC3(CC2)OCCN3S(=O)(=O)c2ccc(C(C)=O)cc2)cc1.CSOOc1ccc(S(=O)(=O)N2CCOC23CCN(S(=O)(=O)c2ccc(S(C)(=O)=O)cc2)CC3)cc1.[C-]#[N+]c1ccc(S(=O)(=O)N2CCC3(CC2)OCCN3S(=O)(=O)c2ccc([N+]#[C-])cc2)cc1.[C-]#[N+]c1ccccc1S(=O)(=O)N1CCC2(CC1)OCCN2S(=O)(=O)c1ccccc1C#N. The van der Waals surface area contributed by atoms with Crippen LogP contribution in [0.25, 0.3) is 14.5 Å². The van der Waals surface area contributed by atoms with Crippen LogP contribution < -0.4 is 4.89 Å². The van der Waals surface area contributed by atoms with Gasteiger partial charge in [-0.2, -0.15) is 39.7 Å². The molecule has 48 heteroatoms. The number of sulfone groups is 1. The molecule has 712 valence electrons. The summed E-state index contributed by atoms with van der Waals surface area (Å²) in [6.07, 6.45) is 4.07. The molecule has 8 aromatic rings. The molecule has 0 saturated carbocycles. The van der Waals surface area contributed by atoms with Gasteiger partial charge < -0.3 is 23.8 Å². The van der Waals surface area contributed by atoms with Gasteiger partial charge in [0, 0.05) is 166 Å². The van der Waals surface area contributed by atoms with Crippen molar-refractivity contribution in [3.63, 3.8) is 0 Å². The average Bonchev–Trinajstić information content (AvgIpc) is 1.50. The molecule has 38 nitrogen and oxygen atoms in total. The van der Waals surface area contributed by atoms with E-state index in [0.717, 1.165) is 18.3 Å². The standard InChI is InChI=1S/C23H26N2O7S2.2C21H20N4O5S2.C21H26N2O9S4/c1-17(26)19-3-7-21(8-4-19)33(28,29)24-13-11-23(12-14-24)25(15-16-32-23)34(30,31)22-9-5-20(6-10-22)18(2)27;1-22-17-3-7-19(8-4-17)31(26,27)24-13-11-21(12-14-24)25(15-16-30-21)32(28,29)20-9-5-18(23-2)6-10-20;1-23-18-7-3-5-9-20(18)31(26,27)24-12-10-21(11-13-24)25(14-15-30-21)32(28,29)19-8-4-2-6-17(19)16-22;1-33-32-31-17-3-5-20(6-4-17)36(28,29)23-15-16-30-21(23)11-13-22(14-12-21)35(26,27)19-9-7-18(8-10-19)34(2,24)25/h3-10H,11-16H2,1-2H3;3-10H,11-16H2;2-9H,10-15H2;3-10H,11-16H2,1-2H3. The molecule has 8 heterocycles. The van der Waals surface area contributed by atoms with Gasteiger partial charge in [0.15, 0.2) is 38.5 Å². The van der Waals surface area contributed by atoms with Crippen LogP contribution >= 0.6 is 12.0 Å². The number of benzene rings is 8. The van der Waals surface area contributed by atoms with Crippen LogP contribution in [0.4, 0.5) is 17.1 Å². The van der Waals surface area contributed by atoms with Crippen molar-refractivity contribution in [2.75, 3.05) is 117 Å². The van der Waals surface area contributed by atoms with Crippen molar-refractivity contribution in [2.24, 2.45) is 0 Å². The Hall–Kier alpha value is -9.76. The Balaban J connectivity index is 0.000000152. The lowest BCUT2D eigenvalue weighted by Gasteiger charge is -2.42. The molecule has 8 saturated heterocycles. The van der Waals surface area contributed by atoms with Crippen LogP contribution in [0.5, 0.6) is 5.75 Å². The highest BCUT2D eigenvalue weighted by atomic mass is 32.2. The van der Waals surface area contributed by atoms with E-state index >= 15 is 0 Å². The normalized spacial score (nSPS) is 19.4. The second kappa shape index (κ2) is 40.5. The number of ketones is 2. The number of sulfonamides is 8. The largest absolute Gasteiger partial charge is 0.358 e. The molecule has 8 fully saturated rings. The zero-order valence-electron chi connectivity index (χ0n) is 72.5. The van der Waals surface area contributed by atoms with Gasteiger partial charge in [-0.1, -0.05) is 109 Å². The van der Waals surface area contributed by atoms with Crippen molar-refractivity contribution >= 4 is 131 Å². The predicted octanol–water partition coefficient (Wildman–Crippen LogP) is 9.48. The first-order valence-electron chi connectivity index (χ1n) is 41.4. The van der Waals surface area contributed by atoms with Gasteiger partial charge in [-0.05, 0) is 98.8 Å². The van der Waals surface area contributed by atoms with Gasteiger partial charge in [-0.25, -0.2) is 90.3 Å². The second-order valence-corrected chi connectivity index (χ2v) is 49.3. The molecule has 8 aromatic carbocycles. The summed E-state index contributed by atoms with van der Waals surface area (Å²) in [5.41, 5.74) is -2.92. The van der Waals surface area contributed by atoms with Gasteiger partial charge in [0.25, 0.3) is 0 Å². The smallest absolute Gasteiger partial charge is 0.246 e. The van der Waals surface area contributed by atoms with Gasteiger partial charge in [-0.3, -0.25) is 9.59 Å². The summed E-state index contributed by atoms with van der Waals surface area (Å²) in [7, 11) is -34.6. The van der Waals surface area contributed by atoms with Crippen molar-refractivity contribution in [3.05, 3.63) is 245 Å². The van der Waals surface area contributed by atoms with Gasteiger partial charge in [0.2, 0.25) is 85.9 Å². The molecular formula is C86H92N12O26S10. The fraction of sp³-hybridized carbons (Fsp3) is 0.372. The van der Waals surface area contributed by atoms with Crippen molar-refractivity contribution in [1.82, 2.24) is 34.4 Å². The highest BCUT2D eigenvalue weighted by Gasteiger charge is 2.57. The van der Waals surface area contributed by atoms with E-state index in [0.29, 0.717) is 28.3 Å². The van der Waals surface area contributed by atoms with Crippen LogP contribution in [0.15, 0.2) is 238 Å². The summed E-state index contributed by atoms with van der Waals surface area (Å²) in [5, 5.41) is 9.34. The number of nitrogens with zero attached hydrogens (tertiary/aromatic N) is 12. The molecule has 0 atom stereocenters. The molecule has 0 aliphatic carbocycles. The highest BCUT2D eigenvalue weighted by Crippen LogP contribution is 2.46. The molecule has 8 aliphatic rings. The summed E-state index contributed by atoms with van der Waals surface area (Å²) in [6.45, 7) is 26.1. The molecule has 16 rings (SSSR count). The van der Waals surface area contributed by atoms with E-state index in [9.17, 15) is 90.6 Å². The number of Topliss-reactive ketones (excluding diaryl/α,β-unsaturated/α-hetero) is 2. The van der Waals surface area contributed by atoms with Gasteiger partial charge >= 0.3 is 0 Å². The number of ether oxygens (including phenoxy) is 4. The second-order valence-electron chi connectivity index (χ2n) is 31.7. The molecule has 0 unspecified atom stereocenters. The monoisotopic (exact) mass is 2030 g/mol. The predicted molar refractivity (Wildman–Crippen MR) is 486 cm³/mol. The minimum absolute atomic E-state index is 0.0237. The minimum atomic E-state index is -4.03. The Morgan fingerprint density at radius 1 is 0.351 bits per heavy atom. The molecular weight excluding hydrogens is 1940 g/mol. The van der Waals surface area contributed by atoms with E-state index in [2.05, 4.69) is 14.5 Å². The molecule has 0 N–H and O–H groups in total. The molecule has 134 heavy (non-hydrogen) atoms. The van der Waals surface area contributed by atoms with E-state index in [1.54, 1.807) is 30.5 Å². The molecule has 4 spiro atoms. The van der Waals surface area contributed by atoms with E-state index in [1.165, 1.54) is 218 Å². The quantitative estimate of drug-likeness (QED) is 0.0200. The molecule has 0 amide bonds. The number of carbonyl (C=O) groups is 2. The van der Waals surface area contributed by atoms with E-state index in [1.807, 2.05) is 6.07 Å². The van der Waals surface area contributed by atoms with E-state index in [4.69, 9.17) is 47.9 Å². The number of nitriles is 1. The number of carbonyl (C=O) groups excluding carboxylic acids is 2. The van der Waals surface area contributed by atoms with Crippen molar-refractivity contribution in [1.29, 1.82) is 5.26 Å². The number of hydrogen-bond donors (Lipinski definition) is 0. The number of rotatable bonds is 22. The highest BCUT2D eigenvalue weighted by molar-refractivity contribution is 7.94. The summed E-state index contributed by atoms with van der Waals surface area (Å²) in [5.74, 6) is 0.0349. The molecule has 8 aliphatic heterocycles. The van der Waals surface area contributed by atoms with Gasteiger partial charge in [-0.15, -0.1) is 4.33 Å². The average molecular weight is 2030 g/mol. The van der Waals surface area contributed by atoms with Crippen LogP contribution in [-0.4, -0.2) is 262 Å². The van der Waals surface area contributed by atoms with Crippen LogP contribution in [0.3, 0.4) is 0 Å². The van der Waals surface area contributed by atoms with Gasteiger partial charge in [0.05, 0.1) is 90.9 Å². The fourth-order valence-corrected chi connectivity index (χ4v) is 30.7. The lowest BCUT2D eigenvalue weighted by atomic mass is 10.0. The maximum atomic E-state index is 13.4. The summed E-state index contributed by atoms with van der Waals surface area (Å²) in [6, 6.07) is 47.7. The van der Waals surface area contributed by atoms with Crippen molar-refractivity contribution < 1.29 is 114 Å². The molecule has 0 radical (unpaired) electrons. The third-order valence-electron chi connectivity index (χ3n) is 24.1. The van der Waals surface area contributed by atoms with Gasteiger partial charge in [0.1, 0.15) is 33.9 Å². The lowest BCUT2D eigenvalue weighted by molar-refractivity contribution is -0.0810. The summed E-state index contributed by atoms with van der Waals surface area (Å²) >= 11 is 1.01. The Morgan fingerprint density at radius 3 is 0.933 bits per heavy atom. The number of hydrogen-bond acceptors (Lipinski definition) is 28. The van der Waals surface area contributed by atoms with E-state index < -0.39 is 113 Å². The zero-order chi connectivity index (χ0) is 96.9. The topological polar surface area (TPSA) is 460 Å². The first-order valence-corrected chi connectivity index (χ1v) is 56.0. The maximum Gasteiger partial charge on any atom is 0.246 e. The number of piperidine rings is 4. The van der Waals surface area contributed by atoms with Crippen molar-refractivity contribution in [3.8, 4) is 11.8 Å². The van der Waals surface area contributed by atoms with Crippen LogP contribution in [-0.2, 0) is 113 Å². The Kier molecular flexibility index (Phi) is 30.7. The minimum Gasteiger partial charge on any atom is -0.358 e. The summed E-state index contributed by atoms with van der Waals surface area (Å²) in [4.78, 5) is 38.0. The van der Waals surface area contributed by atoms with Crippen molar-refractivity contribution in [2.45, 2.75) is 132 Å². The van der Waals surface area contributed by atoms with Crippen LogP contribution in [0, 0.1) is 31.0 Å². The Morgan fingerprint density at radius 2 is 0.627 bits per heavy atom. The fourth-order valence-electron chi connectivity index (χ4n) is 17.0. The van der Waals surface area contributed by atoms with E-state index in [-0.39, 0.29) is 223 Å². The first-order chi connectivity index (χ1) is 63.4. The Bertz CT molecular complexity index is 7040. The third kappa shape index (κ3) is 20.8. The maximum absolute atomic E-state index is 13.4. The lowest BCUT2D eigenvalue weighted by Crippen LogP contribution is -2.55. The Labute approximate surface area is 784 Å². The van der Waals surface area contributed by atoms with Crippen LogP contribution in [0.2, 0.25) is 0 Å². The number of para-hydroxylation sites is 1. The first kappa shape index (κ1) is 102. The summed E-state index contributed by atoms with van der Waals surface area (Å²) < 4.78 is 274. The zero-order valence-corrected chi connectivity index (χ0v) is 80.7. The molecule has 0 bridgehead atoms.